The van der Waals surface area contributed by atoms with Gasteiger partial charge in [-0.1, -0.05) is 76.9 Å². The summed E-state index contributed by atoms with van der Waals surface area (Å²) in [6, 6.07) is 0. The number of carboxylic acids is 1. The Kier molecular flexibility index (Phi) is 29.4. The fourth-order valence-electron chi connectivity index (χ4n) is 3.52. The number of carboxylic acid groups (broad SMARTS) is 1. The number of aliphatic hydroxyl groups is 5. The summed E-state index contributed by atoms with van der Waals surface area (Å²) in [6.07, 6.45) is 17.4. The van der Waals surface area contributed by atoms with E-state index in [-0.39, 0.29) is 0 Å². The number of aliphatic carboxylic acids is 1. The third-order valence-electron chi connectivity index (χ3n) is 5.93. The van der Waals surface area contributed by atoms with Gasteiger partial charge in [0.15, 0.2) is 6.10 Å². The Morgan fingerprint density at radius 1 is 0.750 bits per heavy atom. The van der Waals surface area contributed by atoms with Crippen LogP contribution in [0.5, 0.6) is 0 Å². The van der Waals surface area contributed by atoms with Crippen LogP contribution in [0.1, 0.15) is 103 Å². The van der Waals surface area contributed by atoms with Crippen LogP contribution in [0.25, 0.3) is 0 Å². The van der Waals surface area contributed by atoms with Gasteiger partial charge in [0.1, 0.15) is 18.3 Å². The first kappa shape index (κ1) is 37.1. The van der Waals surface area contributed by atoms with Crippen LogP contribution in [0.15, 0.2) is 12.2 Å². The summed E-state index contributed by atoms with van der Waals surface area (Å²) < 4.78 is 0. The first-order chi connectivity index (χ1) is 17.3. The van der Waals surface area contributed by atoms with Gasteiger partial charge in [-0.3, -0.25) is 0 Å². The topological polar surface area (TPSA) is 176 Å². The number of hydrogen-bond acceptors (Lipinski definition) is 8. The van der Waals surface area contributed by atoms with E-state index in [1.807, 2.05) is 0 Å². The Morgan fingerprint density at radius 3 is 1.69 bits per heavy atom. The van der Waals surface area contributed by atoms with Crippen LogP contribution in [0, 0.1) is 0 Å². The van der Waals surface area contributed by atoms with Gasteiger partial charge in [-0.05, 0) is 58.2 Å². The Hall–Kier alpha value is -1.07. The van der Waals surface area contributed by atoms with Gasteiger partial charge in [0.05, 0.1) is 6.61 Å². The minimum atomic E-state index is -2.20. The van der Waals surface area contributed by atoms with Crippen molar-refractivity contribution in [3.8, 4) is 0 Å². The van der Waals surface area contributed by atoms with Gasteiger partial charge in [0.25, 0.3) is 0 Å². The number of nitrogens with two attached hydrogens (primary N) is 1. The van der Waals surface area contributed by atoms with E-state index >= 15 is 0 Å². The van der Waals surface area contributed by atoms with Crippen molar-refractivity contribution < 1.29 is 35.4 Å². The highest BCUT2D eigenvalue weighted by Gasteiger charge is 2.33. The zero-order valence-corrected chi connectivity index (χ0v) is 22.6. The molecule has 0 bridgehead atoms. The van der Waals surface area contributed by atoms with E-state index in [0.717, 1.165) is 19.5 Å². The highest BCUT2D eigenvalue weighted by Crippen LogP contribution is 2.10. The van der Waals surface area contributed by atoms with Gasteiger partial charge in [-0.2, -0.15) is 0 Å². The van der Waals surface area contributed by atoms with Gasteiger partial charge in [0.2, 0.25) is 0 Å². The maximum Gasteiger partial charge on any atom is 0.335 e. The first-order valence-electron chi connectivity index (χ1n) is 13.9. The molecule has 0 saturated heterocycles. The summed E-state index contributed by atoms with van der Waals surface area (Å²) in [5, 5.41) is 55.3. The molecule has 0 amide bonds. The molecule has 216 valence electrons. The van der Waals surface area contributed by atoms with Crippen LogP contribution in [-0.2, 0) is 4.79 Å². The zero-order chi connectivity index (χ0) is 27.4. The standard InChI is InChI=1S/C21H44N2.C6H12O7/c1-2-3-4-5-6-7-8-9-10-11-12-13-14-15-16-17-20-23-21-18-19-22;7-1-2(8)3(9)4(10)5(11)6(12)13/h9-10,23H,2-8,11-22H2,1H3;2-5,7-11H,1H2,(H,12,13)/b10-9-;/t;2-,3-,4+,5-/m.1/s1. The lowest BCUT2D eigenvalue weighted by molar-refractivity contribution is -0.164. The van der Waals surface area contributed by atoms with Crippen LogP contribution < -0.4 is 11.1 Å². The summed E-state index contributed by atoms with van der Waals surface area (Å²) in [4.78, 5) is 10.1. The van der Waals surface area contributed by atoms with E-state index in [1.165, 1.54) is 96.4 Å². The fraction of sp³-hybridized carbons (Fsp3) is 0.889. The van der Waals surface area contributed by atoms with E-state index in [4.69, 9.17) is 36.4 Å². The molecule has 0 fully saturated rings. The minimum Gasteiger partial charge on any atom is -0.479 e. The number of rotatable bonds is 24. The summed E-state index contributed by atoms with van der Waals surface area (Å²) in [5.74, 6) is -1.73. The van der Waals surface area contributed by atoms with Crippen molar-refractivity contribution in [1.29, 1.82) is 0 Å². The Labute approximate surface area is 218 Å². The molecule has 0 aliphatic carbocycles. The van der Waals surface area contributed by atoms with Crippen molar-refractivity contribution in [2.75, 3.05) is 26.2 Å². The SMILES string of the molecule is CCCCCCCC/C=C\CCCCCCCCNCCCN.O=C(O)[C@H](O)[C@@H](O)[C@H](O)[C@H](O)CO. The summed E-state index contributed by atoms with van der Waals surface area (Å²) >= 11 is 0. The molecule has 9 N–H and O–H groups in total. The van der Waals surface area contributed by atoms with Crippen LogP contribution in [0.4, 0.5) is 0 Å². The van der Waals surface area contributed by atoms with Gasteiger partial charge >= 0.3 is 5.97 Å². The summed E-state index contributed by atoms with van der Waals surface area (Å²) in [7, 11) is 0. The molecule has 9 heteroatoms. The number of carbonyl (C=O) groups is 1. The highest BCUT2D eigenvalue weighted by atomic mass is 16.4. The van der Waals surface area contributed by atoms with Crippen molar-refractivity contribution in [3.05, 3.63) is 12.2 Å². The van der Waals surface area contributed by atoms with Crippen molar-refractivity contribution in [2.24, 2.45) is 5.73 Å². The molecule has 0 unspecified atom stereocenters. The molecule has 0 aliphatic rings. The lowest BCUT2D eigenvalue weighted by atomic mass is 10.0. The smallest absolute Gasteiger partial charge is 0.335 e. The molecule has 0 rings (SSSR count). The summed E-state index contributed by atoms with van der Waals surface area (Å²) in [6.45, 7) is 4.50. The number of allylic oxidation sites excluding steroid dienone is 2. The predicted octanol–water partition coefficient (Wildman–Crippen LogP) is 2.47. The largest absolute Gasteiger partial charge is 0.479 e. The van der Waals surface area contributed by atoms with E-state index in [2.05, 4.69) is 24.4 Å². The maximum atomic E-state index is 10.1. The first-order valence-corrected chi connectivity index (χ1v) is 13.9. The van der Waals surface area contributed by atoms with Crippen molar-refractivity contribution in [2.45, 2.75) is 128 Å². The minimum absolute atomic E-state index is 0.806. The number of aliphatic hydroxyl groups excluding tert-OH is 5. The molecule has 0 heterocycles. The molecule has 0 aromatic heterocycles. The Balaban J connectivity index is 0. The molecular formula is C27H56N2O7. The van der Waals surface area contributed by atoms with E-state index in [1.54, 1.807) is 0 Å². The molecule has 4 atom stereocenters. The molecule has 0 aromatic carbocycles. The van der Waals surface area contributed by atoms with Gasteiger partial charge < -0.3 is 41.7 Å². The number of unbranched alkanes of at least 4 members (excludes halogenated alkanes) is 12. The average Bonchev–Trinajstić information content (AvgIpc) is 2.88. The average molecular weight is 521 g/mol. The molecule has 0 aliphatic heterocycles. The zero-order valence-electron chi connectivity index (χ0n) is 22.6. The summed E-state index contributed by atoms with van der Waals surface area (Å²) in [5.41, 5.74) is 5.46. The lowest BCUT2D eigenvalue weighted by Crippen LogP contribution is -2.48. The third-order valence-corrected chi connectivity index (χ3v) is 5.93. The van der Waals surface area contributed by atoms with Gasteiger partial charge in [-0.15, -0.1) is 0 Å². The third kappa shape index (κ3) is 24.6. The van der Waals surface area contributed by atoms with E-state index in [0.29, 0.717) is 0 Å². The van der Waals surface area contributed by atoms with Crippen LogP contribution in [-0.4, -0.2) is 87.3 Å². The molecule has 9 nitrogen and oxygen atoms in total. The van der Waals surface area contributed by atoms with Gasteiger partial charge in [-0.25, -0.2) is 4.79 Å². The second kappa shape index (κ2) is 28.5. The molecule has 0 saturated carbocycles. The Morgan fingerprint density at radius 2 is 1.22 bits per heavy atom. The number of nitrogens with one attached hydrogen (secondary N) is 1. The van der Waals surface area contributed by atoms with Crippen LogP contribution in [0.3, 0.4) is 0 Å². The van der Waals surface area contributed by atoms with E-state index < -0.39 is 37.0 Å². The Bertz CT molecular complexity index is 495. The van der Waals surface area contributed by atoms with Crippen LogP contribution >= 0.6 is 0 Å². The van der Waals surface area contributed by atoms with Crippen molar-refractivity contribution in [3.63, 3.8) is 0 Å². The lowest BCUT2D eigenvalue weighted by Gasteiger charge is -2.23. The van der Waals surface area contributed by atoms with Gasteiger partial charge in [0, 0.05) is 0 Å². The highest BCUT2D eigenvalue weighted by molar-refractivity contribution is 5.72. The van der Waals surface area contributed by atoms with Crippen molar-refractivity contribution >= 4 is 5.97 Å². The monoisotopic (exact) mass is 520 g/mol. The predicted molar refractivity (Wildman–Crippen MR) is 145 cm³/mol. The number of hydrogen-bond donors (Lipinski definition) is 8. The molecule has 0 aromatic rings. The normalized spacial score (nSPS) is 14.8. The maximum absolute atomic E-state index is 10.1. The second-order valence-electron chi connectivity index (χ2n) is 9.34. The van der Waals surface area contributed by atoms with Crippen LogP contribution in [0.2, 0.25) is 0 Å². The van der Waals surface area contributed by atoms with E-state index in [9.17, 15) is 4.79 Å². The molecular weight excluding hydrogens is 464 g/mol. The fourth-order valence-corrected chi connectivity index (χ4v) is 3.52. The molecule has 0 radical (unpaired) electrons. The quantitative estimate of drug-likeness (QED) is 0.0701. The molecule has 36 heavy (non-hydrogen) atoms. The van der Waals surface area contributed by atoms with Crippen molar-refractivity contribution in [1.82, 2.24) is 5.32 Å². The second-order valence-corrected chi connectivity index (χ2v) is 9.34. The molecule has 0 spiro atoms.